The highest BCUT2D eigenvalue weighted by molar-refractivity contribution is 5.68. The van der Waals surface area contributed by atoms with Gasteiger partial charge in [-0.25, -0.2) is 14.1 Å². The molecule has 0 saturated carbocycles. The molecule has 0 spiro atoms. The molecule has 0 radical (unpaired) electrons. The summed E-state index contributed by atoms with van der Waals surface area (Å²) in [5.41, 5.74) is 3.47. The van der Waals surface area contributed by atoms with E-state index in [0.717, 1.165) is 42.9 Å². The maximum Gasteiger partial charge on any atom is 0.201 e. The molecule has 0 aliphatic carbocycles. The van der Waals surface area contributed by atoms with Gasteiger partial charge in [0.2, 0.25) is 5.88 Å². The van der Waals surface area contributed by atoms with Crippen molar-refractivity contribution in [3.63, 3.8) is 0 Å². The molecule has 10 heteroatoms. The van der Waals surface area contributed by atoms with Gasteiger partial charge in [-0.2, -0.15) is 5.26 Å². The fourth-order valence-corrected chi connectivity index (χ4v) is 4.32. The predicted octanol–water partition coefficient (Wildman–Crippen LogP) is 3.37. The summed E-state index contributed by atoms with van der Waals surface area (Å²) in [5.74, 6) is -0.103. The normalized spacial score (nSPS) is 15.5. The Kier molecular flexibility index (Phi) is 5.48. The van der Waals surface area contributed by atoms with Crippen molar-refractivity contribution in [1.29, 1.82) is 5.26 Å². The third-order valence-electron chi connectivity index (χ3n) is 6.01. The van der Waals surface area contributed by atoms with E-state index in [0.29, 0.717) is 23.3 Å². The van der Waals surface area contributed by atoms with Crippen molar-refractivity contribution in [3.05, 3.63) is 59.6 Å². The van der Waals surface area contributed by atoms with E-state index in [4.69, 9.17) is 4.74 Å². The summed E-state index contributed by atoms with van der Waals surface area (Å²) in [5, 5.41) is 21.8. The van der Waals surface area contributed by atoms with Crippen molar-refractivity contribution in [2.24, 2.45) is 0 Å². The number of imidazole rings is 1. The van der Waals surface area contributed by atoms with Gasteiger partial charge in [-0.3, -0.25) is 9.38 Å². The van der Waals surface area contributed by atoms with Crippen LogP contribution in [0.1, 0.15) is 49.0 Å². The van der Waals surface area contributed by atoms with Crippen LogP contribution in [0.2, 0.25) is 0 Å². The van der Waals surface area contributed by atoms with Gasteiger partial charge in [0.05, 0.1) is 17.9 Å². The van der Waals surface area contributed by atoms with Gasteiger partial charge in [0, 0.05) is 17.8 Å². The van der Waals surface area contributed by atoms with Crippen LogP contribution in [-0.2, 0) is 0 Å². The lowest BCUT2D eigenvalue weighted by atomic mass is 10.1. The first kappa shape index (κ1) is 21.0. The summed E-state index contributed by atoms with van der Waals surface area (Å²) in [6, 6.07) is 8.94. The lowest BCUT2D eigenvalue weighted by molar-refractivity contribution is 0.204. The van der Waals surface area contributed by atoms with E-state index in [1.54, 1.807) is 17.4 Å². The number of piperidine rings is 1. The first-order valence-corrected chi connectivity index (χ1v) is 10.9. The molecule has 5 rings (SSSR count). The van der Waals surface area contributed by atoms with Gasteiger partial charge < -0.3 is 10.1 Å². The Labute approximate surface area is 189 Å². The molecule has 1 aliphatic heterocycles. The fraction of sp³-hybridized carbons (Fsp3) is 0.348. The van der Waals surface area contributed by atoms with Crippen LogP contribution in [0.15, 0.2) is 36.7 Å². The minimum Gasteiger partial charge on any atom is -0.469 e. The Morgan fingerprint density at radius 2 is 2.09 bits per heavy atom. The van der Waals surface area contributed by atoms with Crippen molar-refractivity contribution in [2.45, 2.75) is 38.8 Å². The number of nitrogens with one attached hydrogen (secondary N) is 1. The standard InChI is InChI=1S/C23H23FN8O/c1-14-22(29-30-32(14)17-5-8-26-9-6-17)16-10-20-28-13-18(12-25)31(20)21(11-16)33-15(2)23-19(24)4-3-7-27-23/h3-4,7,10-11,13,15,17,26H,5-6,8-9H2,1-2H3/t15-/m1/s1. The number of nitriles is 1. The number of hydrogen-bond donors (Lipinski definition) is 1. The zero-order chi connectivity index (χ0) is 22.9. The molecule has 0 bridgehead atoms. The van der Waals surface area contributed by atoms with Crippen molar-refractivity contribution < 1.29 is 9.13 Å². The SMILES string of the molecule is Cc1c(-c2cc(O[C@H](C)c3ncccc3F)n3c(C#N)cnc3c2)nnn1C1CCNCC1. The lowest BCUT2D eigenvalue weighted by Crippen LogP contribution is -2.30. The number of aromatic nitrogens is 6. The second kappa shape index (κ2) is 8.60. The molecule has 0 unspecified atom stereocenters. The summed E-state index contributed by atoms with van der Waals surface area (Å²) in [6.45, 7) is 5.62. The Balaban J connectivity index is 1.57. The quantitative estimate of drug-likeness (QED) is 0.501. The molecular weight excluding hydrogens is 423 g/mol. The smallest absolute Gasteiger partial charge is 0.201 e. The summed E-state index contributed by atoms with van der Waals surface area (Å²) in [7, 11) is 0. The minimum atomic E-state index is -0.690. The van der Waals surface area contributed by atoms with E-state index in [9.17, 15) is 9.65 Å². The van der Waals surface area contributed by atoms with Crippen molar-refractivity contribution in [3.8, 4) is 23.2 Å². The molecule has 4 aromatic rings. The lowest BCUT2D eigenvalue weighted by Gasteiger charge is -2.23. The number of pyridine rings is 2. The van der Waals surface area contributed by atoms with Crippen LogP contribution in [-0.4, -0.2) is 42.5 Å². The number of halogens is 1. The fourth-order valence-electron chi connectivity index (χ4n) is 4.32. The molecule has 1 saturated heterocycles. The van der Waals surface area contributed by atoms with Gasteiger partial charge in [0.1, 0.15) is 40.7 Å². The van der Waals surface area contributed by atoms with Gasteiger partial charge in [-0.1, -0.05) is 5.21 Å². The molecule has 1 atom stereocenters. The van der Waals surface area contributed by atoms with Gasteiger partial charge in [-0.15, -0.1) is 5.10 Å². The maximum atomic E-state index is 14.3. The molecule has 1 fully saturated rings. The van der Waals surface area contributed by atoms with E-state index in [1.165, 1.54) is 24.5 Å². The minimum absolute atomic E-state index is 0.183. The van der Waals surface area contributed by atoms with Crippen LogP contribution >= 0.6 is 0 Å². The number of fused-ring (bicyclic) bond motifs is 1. The van der Waals surface area contributed by atoms with Gasteiger partial charge >= 0.3 is 0 Å². The van der Waals surface area contributed by atoms with Crippen LogP contribution in [0.25, 0.3) is 16.9 Å². The number of nitrogens with zero attached hydrogens (tertiary/aromatic N) is 7. The third-order valence-corrected chi connectivity index (χ3v) is 6.01. The largest absolute Gasteiger partial charge is 0.469 e. The number of ether oxygens (including phenoxy) is 1. The Bertz CT molecular complexity index is 1350. The molecule has 4 aromatic heterocycles. The van der Waals surface area contributed by atoms with E-state index in [2.05, 4.69) is 31.7 Å². The van der Waals surface area contributed by atoms with Crippen LogP contribution in [0, 0.1) is 24.1 Å². The second-order valence-corrected chi connectivity index (χ2v) is 8.11. The number of hydrogen-bond acceptors (Lipinski definition) is 7. The van der Waals surface area contributed by atoms with Crippen molar-refractivity contribution in [1.82, 2.24) is 34.7 Å². The van der Waals surface area contributed by atoms with Gasteiger partial charge in [0.25, 0.3) is 0 Å². The Morgan fingerprint density at radius 1 is 1.27 bits per heavy atom. The molecule has 1 aliphatic rings. The Hall–Kier alpha value is -3.84. The molecule has 1 N–H and O–H groups in total. The second-order valence-electron chi connectivity index (χ2n) is 8.11. The topological polar surface area (TPSA) is 106 Å². The summed E-state index contributed by atoms with van der Waals surface area (Å²) >= 11 is 0. The van der Waals surface area contributed by atoms with E-state index in [-0.39, 0.29) is 5.69 Å². The predicted molar refractivity (Wildman–Crippen MR) is 118 cm³/mol. The highest BCUT2D eigenvalue weighted by Crippen LogP contribution is 2.32. The monoisotopic (exact) mass is 446 g/mol. The van der Waals surface area contributed by atoms with Gasteiger partial charge in [0.15, 0.2) is 0 Å². The molecule has 0 aromatic carbocycles. The molecule has 33 heavy (non-hydrogen) atoms. The maximum absolute atomic E-state index is 14.3. The first-order valence-electron chi connectivity index (χ1n) is 10.9. The molecule has 9 nitrogen and oxygen atoms in total. The number of rotatable bonds is 5. The van der Waals surface area contributed by atoms with Crippen LogP contribution in [0.3, 0.4) is 0 Å². The average Bonchev–Trinajstić information content (AvgIpc) is 3.43. The van der Waals surface area contributed by atoms with E-state index in [1.807, 2.05) is 17.7 Å². The molecule has 0 amide bonds. The summed E-state index contributed by atoms with van der Waals surface area (Å²) in [4.78, 5) is 8.48. The van der Waals surface area contributed by atoms with Gasteiger partial charge in [-0.05, 0) is 58.0 Å². The third kappa shape index (κ3) is 3.81. The van der Waals surface area contributed by atoms with Crippen molar-refractivity contribution in [2.75, 3.05) is 13.1 Å². The first-order chi connectivity index (χ1) is 16.1. The highest BCUT2D eigenvalue weighted by Gasteiger charge is 2.23. The summed E-state index contributed by atoms with van der Waals surface area (Å²) in [6.07, 6.45) is 4.30. The molecular formula is C23H23FN8O. The Morgan fingerprint density at radius 3 is 2.85 bits per heavy atom. The highest BCUT2D eigenvalue weighted by atomic mass is 19.1. The van der Waals surface area contributed by atoms with E-state index < -0.39 is 11.9 Å². The zero-order valence-electron chi connectivity index (χ0n) is 18.4. The molecule has 168 valence electrons. The van der Waals surface area contributed by atoms with Crippen LogP contribution in [0.4, 0.5) is 4.39 Å². The van der Waals surface area contributed by atoms with Crippen LogP contribution < -0.4 is 10.1 Å². The molecule has 5 heterocycles. The van der Waals surface area contributed by atoms with E-state index >= 15 is 0 Å². The average molecular weight is 446 g/mol. The summed E-state index contributed by atoms with van der Waals surface area (Å²) < 4.78 is 24.0. The van der Waals surface area contributed by atoms with Crippen LogP contribution in [0.5, 0.6) is 5.88 Å². The van der Waals surface area contributed by atoms with Crippen molar-refractivity contribution >= 4 is 5.65 Å². The zero-order valence-corrected chi connectivity index (χ0v) is 18.4.